The molecule has 1 aromatic carbocycles. The van der Waals surface area contributed by atoms with E-state index in [-0.39, 0.29) is 5.56 Å². The number of pyridine rings is 1. The molecule has 2 aromatic heterocycles. The van der Waals surface area contributed by atoms with Gasteiger partial charge in [-0.25, -0.2) is 9.97 Å². The first-order chi connectivity index (χ1) is 10.2. The molecule has 0 saturated carbocycles. The predicted octanol–water partition coefficient (Wildman–Crippen LogP) is 3.27. The van der Waals surface area contributed by atoms with Crippen molar-refractivity contribution in [1.82, 2.24) is 14.5 Å². The van der Waals surface area contributed by atoms with Gasteiger partial charge in [-0.1, -0.05) is 35.5 Å². The van der Waals surface area contributed by atoms with Crippen LogP contribution in [0, 0.1) is 0 Å². The third-order valence-electron chi connectivity index (χ3n) is 3.14. The van der Waals surface area contributed by atoms with E-state index in [1.54, 1.807) is 36.0 Å². The standard InChI is InChI=1S/C15H12ClN3OS/c1-19-13(9-21-14-11(16)6-4-8-17-14)18-12-7-3-2-5-10(12)15(19)20/h2-8H,9H2,1H3. The average molecular weight is 318 g/mol. The van der Waals surface area contributed by atoms with Crippen molar-refractivity contribution in [2.24, 2.45) is 7.05 Å². The summed E-state index contributed by atoms with van der Waals surface area (Å²) < 4.78 is 1.58. The number of nitrogens with zero attached hydrogens (tertiary/aromatic N) is 3. The Morgan fingerprint density at radius 1 is 1.24 bits per heavy atom. The third kappa shape index (κ3) is 2.80. The molecule has 0 aliphatic heterocycles. The summed E-state index contributed by atoms with van der Waals surface area (Å²) in [5.74, 6) is 1.23. The van der Waals surface area contributed by atoms with Crippen molar-refractivity contribution in [3.8, 4) is 0 Å². The highest BCUT2D eigenvalue weighted by Crippen LogP contribution is 2.26. The van der Waals surface area contributed by atoms with Crippen LogP contribution < -0.4 is 5.56 Å². The Hall–Kier alpha value is -1.85. The predicted molar refractivity (Wildman–Crippen MR) is 85.8 cm³/mol. The molecule has 0 saturated heterocycles. The summed E-state index contributed by atoms with van der Waals surface area (Å²) in [6, 6.07) is 10.9. The lowest BCUT2D eigenvalue weighted by molar-refractivity contribution is 0.785. The Labute approximate surface area is 130 Å². The van der Waals surface area contributed by atoms with E-state index in [1.807, 2.05) is 18.2 Å². The van der Waals surface area contributed by atoms with E-state index < -0.39 is 0 Å². The number of halogens is 1. The molecule has 0 bridgehead atoms. The lowest BCUT2D eigenvalue weighted by atomic mass is 10.2. The Morgan fingerprint density at radius 3 is 2.86 bits per heavy atom. The number of hydrogen-bond acceptors (Lipinski definition) is 4. The second-order valence-electron chi connectivity index (χ2n) is 4.49. The van der Waals surface area contributed by atoms with Gasteiger partial charge < -0.3 is 0 Å². The molecule has 0 aliphatic rings. The summed E-state index contributed by atoms with van der Waals surface area (Å²) in [6.07, 6.45) is 1.70. The summed E-state index contributed by atoms with van der Waals surface area (Å²) >= 11 is 7.55. The van der Waals surface area contributed by atoms with E-state index in [0.29, 0.717) is 27.5 Å². The van der Waals surface area contributed by atoms with E-state index >= 15 is 0 Å². The molecule has 0 amide bonds. The molecular formula is C15H12ClN3OS. The zero-order chi connectivity index (χ0) is 14.8. The minimum Gasteiger partial charge on any atom is -0.299 e. The van der Waals surface area contributed by atoms with Crippen molar-refractivity contribution in [2.75, 3.05) is 0 Å². The van der Waals surface area contributed by atoms with Crippen LogP contribution in [0.4, 0.5) is 0 Å². The second kappa shape index (κ2) is 5.87. The highest BCUT2D eigenvalue weighted by molar-refractivity contribution is 7.98. The molecule has 0 unspecified atom stereocenters. The van der Waals surface area contributed by atoms with Gasteiger partial charge in [-0.05, 0) is 24.3 Å². The Kier molecular flexibility index (Phi) is 3.94. The number of rotatable bonds is 3. The van der Waals surface area contributed by atoms with Gasteiger partial charge in [0.2, 0.25) is 0 Å². The van der Waals surface area contributed by atoms with Crippen LogP contribution in [0.5, 0.6) is 0 Å². The van der Waals surface area contributed by atoms with Crippen LogP contribution in [-0.2, 0) is 12.8 Å². The Morgan fingerprint density at radius 2 is 2.05 bits per heavy atom. The van der Waals surface area contributed by atoms with Gasteiger partial charge in [-0.2, -0.15) is 0 Å². The second-order valence-corrected chi connectivity index (χ2v) is 5.86. The van der Waals surface area contributed by atoms with E-state index in [4.69, 9.17) is 11.6 Å². The number of fused-ring (bicyclic) bond motifs is 1. The maximum absolute atomic E-state index is 12.3. The topological polar surface area (TPSA) is 47.8 Å². The van der Waals surface area contributed by atoms with Gasteiger partial charge in [0.15, 0.2) is 0 Å². The first-order valence-corrected chi connectivity index (χ1v) is 7.71. The van der Waals surface area contributed by atoms with Crippen LogP contribution in [0.2, 0.25) is 5.02 Å². The molecule has 3 aromatic rings. The third-order valence-corrected chi connectivity index (χ3v) is 4.56. The fourth-order valence-electron chi connectivity index (χ4n) is 2.00. The van der Waals surface area contributed by atoms with Crippen molar-refractivity contribution in [3.05, 3.63) is 63.8 Å². The summed E-state index contributed by atoms with van der Waals surface area (Å²) in [6.45, 7) is 0. The largest absolute Gasteiger partial charge is 0.299 e. The zero-order valence-corrected chi connectivity index (χ0v) is 12.9. The van der Waals surface area contributed by atoms with Gasteiger partial charge in [-0.15, -0.1) is 0 Å². The van der Waals surface area contributed by atoms with E-state index in [2.05, 4.69) is 9.97 Å². The number of benzene rings is 1. The zero-order valence-electron chi connectivity index (χ0n) is 11.3. The number of para-hydroxylation sites is 1. The molecule has 21 heavy (non-hydrogen) atoms. The van der Waals surface area contributed by atoms with Gasteiger partial charge in [0.25, 0.3) is 5.56 Å². The summed E-state index contributed by atoms with van der Waals surface area (Å²) in [7, 11) is 1.73. The molecule has 0 fully saturated rings. The molecule has 106 valence electrons. The smallest absolute Gasteiger partial charge is 0.261 e. The molecule has 0 radical (unpaired) electrons. The maximum atomic E-state index is 12.3. The van der Waals surface area contributed by atoms with Gasteiger partial charge >= 0.3 is 0 Å². The molecule has 4 nitrogen and oxygen atoms in total. The molecule has 6 heteroatoms. The van der Waals surface area contributed by atoms with Gasteiger partial charge in [0.05, 0.1) is 21.7 Å². The van der Waals surface area contributed by atoms with Crippen LogP contribution in [0.15, 0.2) is 52.4 Å². The molecular weight excluding hydrogens is 306 g/mol. The molecule has 2 heterocycles. The fraction of sp³-hybridized carbons (Fsp3) is 0.133. The lowest BCUT2D eigenvalue weighted by Crippen LogP contribution is -2.21. The van der Waals surface area contributed by atoms with E-state index in [0.717, 1.165) is 5.03 Å². The van der Waals surface area contributed by atoms with Crippen LogP contribution in [0.1, 0.15) is 5.82 Å². The minimum absolute atomic E-state index is 0.0386. The average Bonchev–Trinajstić information content (AvgIpc) is 2.51. The molecule has 3 rings (SSSR count). The first kappa shape index (κ1) is 14.1. The SMILES string of the molecule is Cn1c(CSc2ncccc2Cl)nc2ccccc2c1=O. The van der Waals surface area contributed by atoms with E-state index in [1.165, 1.54) is 11.8 Å². The maximum Gasteiger partial charge on any atom is 0.261 e. The van der Waals surface area contributed by atoms with Gasteiger partial charge in [0, 0.05) is 13.2 Å². The summed E-state index contributed by atoms with van der Waals surface area (Å²) in [4.78, 5) is 21.1. The van der Waals surface area contributed by atoms with Crippen molar-refractivity contribution in [1.29, 1.82) is 0 Å². The van der Waals surface area contributed by atoms with E-state index in [9.17, 15) is 4.79 Å². The van der Waals surface area contributed by atoms with Gasteiger partial charge in [-0.3, -0.25) is 9.36 Å². The molecule has 0 N–H and O–H groups in total. The normalized spacial score (nSPS) is 11.0. The summed E-state index contributed by atoms with van der Waals surface area (Å²) in [5, 5.41) is 1.97. The Balaban J connectivity index is 1.96. The molecule has 0 spiro atoms. The van der Waals surface area contributed by atoms with Crippen LogP contribution in [-0.4, -0.2) is 14.5 Å². The quantitative estimate of drug-likeness (QED) is 0.696. The fourth-order valence-corrected chi connectivity index (χ4v) is 3.15. The number of aromatic nitrogens is 3. The lowest BCUT2D eigenvalue weighted by Gasteiger charge is -2.09. The molecule has 0 aliphatic carbocycles. The van der Waals surface area contributed by atoms with Crippen molar-refractivity contribution in [3.63, 3.8) is 0 Å². The highest BCUT2D eigenvalue weighted by Gasteiger charge is 2.09. The van der Waals surface area contributed by atoms with Gasteiger partial charge in [0.1, 0.15) is 10.9 Å². The monoisotopic (exact) mass is 317 g/mol. The van der Waals surface area contributed by atoms with Crippen LogP contribution in [0.3, 0.4) is 0 Å². The highest BCUT2D eigenvalue weighted by atomic mass is 35.5. The Bertz CT molecular complexity index is 863. The first-order valence-electron chi connectivity index (χ1n) is 6.35. The van der Waals surface area contributed by atoms with Crippen LogP contribution >= 0.6 is 23.4 Å². The molecule has 0 atom stereocenters. The number of hydrogen-bond donors (Lipinski definition) is 0. The van der Waals surface area contributed by atoms with Crippen molar-refractivity contribution >= 4 is 34.3 Å². The number of thioether (sulfide) groups is 1. The van der Waals surface area contributed by atoms with Crippen LogP contribution in [0.25, 0.3) is 10.9 Å². The van der Waals surface area contributed by atoms with Crippen molar-refractivity contribution in [2.45, 2.75) is 10.8 Å². The van der Waals surface area contributed by atoms with Crippen molar-refractivity contribution < 1.29 is 0 Å². The summed E-state index contributed by atoms with van der Waals surface area (Å²) in [5.41, 5.74) is 0.673. The minimum atomic E-state index is -0.0386.